The van der Waals surface area contributed by atoms with Crippen LogP contribution in [0.1, 0.15) is 11.1 Å². The lowest BCUT2D eigenvalue weighted by Crippen LogP contribution is -3.00. The Bertz CT molecular complexity index is 710. The number of hydrogen-bond donors (Lipinski definition) is 0. The van der Waals surface area contributed by atoms with Gasteiger partial charge in [0.25, 0.3) is 0 Å². The molecule has 0 aliphatic heterocycles. The van der Waals surface area contributed by atoms with Crippen molar-refractivity contribution in [3.05, 3.63) is 84.4 Å². The first-order chi connectivity index (χ1) is 13.2. The fraction of sp³-hybridized carbons (Fsp3) is 0.375. The van der Waals surface area contributed by atoms with Gasteiger partial charge < -0.3 is 38.5 Å². The molecule has 0 radical (unpaired) electrons. The largest absolute Gasteiger partial charge is 1.00 e. The van der Waals surface area contributed by atoms with E-state index in [1.165, 1.54) is 17.2 Å². The third-order valence-corrected chi connectivity index (χ3v) is 4.75. The van der Waals surface area contributed by atoms with Crippen molar-refractivity contribution in [1.82, 2.24) is 0 Å². The van der Waals surface area contributed by atoms with Crippen LogP contribution in [0.2, 0.25) is 0 Å². The summed E-state index contributed by atoms with van der Waals surface area (Å²) < 4.78 is 7.24. The van der Waals surface area contributed by atoms with Gasteiger partial charge in [0.1, 0.15) is 26.2 Å². The SMILES string of the molecule is C=CC(=O)OC(C[N+](C)(C)Cc1ccccc1)C[N+](C)(C)Cc1ccccc1.[Cl-].[Cl-]. The number of carbonyl (C=O) groups is 1. The normalized spacial score (nSPS) is 11.2. The van der Waals surface area contributed by atoms with Gasteiger partial charge in [-0.1, -0.05) is 67.2 Å². The summed E-state index contributed by atoms with van der Waals surface area (Å²) in [5.74, 6) is -0.357. The predicted octanol–water partition coefficient (Wildman–Crippen LogP) is -2.35. The van der Waals surface area contributed by atoms with Crippen LogP contribution in [0, 0.1) is 0 Å². The molecule has 0 spiro atoms. The molecule has 0 aliphatic rings. The van der Waals surface area contributed by atoms with Crippen LogP contribution in [0.25, 0.3) is 0 Å². The fourth-order valence-electron chi connectivity index (χ4n) is 3.73. The highest BCUT2D eigenvalue weighted by Crippen LogP contribution is 2.16. The Labute approximate surface area is 194 Å². The van der Waals surface area contributed by atoms with Crippen molar-refractivity contribution in [2.24, 2.45) is 0 Å². The lowest BCUT2D eigenvalue weighted by atomic mass is 10.1. The minimum atomic E-state index is -0.357. The summed E-state index contributed by atoms with van der Waals surface area (Å²) in [6.07, 6.45) is 1.06. The summed E-state index contributed by atoms with van der Waals surface area (Å²) in [5.41, 5.74) is 2.55. The first kappa shape index (κ1) is 28.2. The molecule has 0 saturated heterocycles. The van der Waals surface area contributed by atoms with Crippen molar-refractivity contribution in [3.8, 4) is 0 Å². The zero-order valence-electron chi connectivity index (χ0n) is 18.4. The first-order valence-corrected chi connectivity index (χ1v) is 9.74. The maximum atomic E-state index is 12.0. The molecule has 0 fully saturated rings. The highest BCUT2D eigenvalue weighted by Gasteiger charge is 2.31. The molecule has 0 aromatic heterocycles. The van der Waals surface area contributed by atoms with Crippen LogP contribution < -0.4 is 24.8 Å². The fourth-order valence-corrected chi connectivity index (χ4v) is 3.73. The second kappa shape index (κ2) is 12.8. The molecule has 2 rings (SSSR count). The van der Waals surface area contributed by atoms with Gasteiger partial charge >= 0.3 is 5.97 Å². The van der Waals surface area contributed by atoms with E-state index in [2.05, 4.69) is 83.3 Å². The molecule has 0 aliphatic carbocycles. The van der Waals surface area contributed by atoms with Crippen LogP contribution in [0.3, 0.4) is 0 Å². The minimum absolute atomic E-state index is 0. The highest BCUT2D eigenvalue weighted by molar-refractivity contribution is 5.81. The number of hydrogen-bond acceptors (Lipinski definition) is 2. The Balaban J connectivity index is 0.00000420. The second-order valence-electron chi connectivity index (χ2n) is 8.79. The standard InChI is InChI=1S/C24H34N2O2.2ClH/c1-6-24(27)28-23(19-25(2,3)17-21-13-9-7-10-14-21)20-26(4,5)18-22-15-11-8-12-16-22;;/h6-16,23H,1,17-20H2,2-5H3;2*1H/q+2;;/p-2. The predicted molar refractivity (Wildman–Crippen MR) is 114 cm³/mol. The summed E-state index contributed by atoms with van der Waals surface area (Å²) in [5, 5.41) is 0. The Morgan fingerprint density at radius 3 is 1.53 bits per heavy atom. The minimum Gasteiger partial charge on any atom is -1.00 e. The maximum absolute atomic E-state index is 12.0. The highest BCUT2D eigenvalue weighted by atomic mass is 35.5. The van der Waals surface area contributed by atoms with E-state index in [4.69, 9.17) is 4.74 Å². The van der Waals surface area contributed by atoms with Crippen molar-refractivity contribution in [1.29, 1.82) is 0 Å². The number of carbonyl (C=O) groups excluding carboxylic acids is 1. The smallest absolute Gasteiger partial charge is 0.330 e. The number of likely N-dealkylation sites (N-methyl/N-ethyl adjacent to an activating group) is 2. The number of ether oxygens (including phenoxy) is 1. The van der Waals surface area contributed by atoms with E-state index in [0.29, 0.717) is 0 Å². The Morgan fingerprint density at radius 1 is 0.833 bits per heavy atom. The lowest BCUT2D eigenvalue weighted by molar-refractivity contribution is -0.927. The van der Waals surface area contributed by atoms with Gasteiger partial charge in [-0.05, 0) is 0 Å². The molecule has 0 unspecified atom stereocenters. The molecule has 0 N–H and O–H groups in total. The molecule has 30 heavy (non-hydrogen) atoms. The summed E-state index contributed by atoms with van der Waals surface area (Å²) in [7, 11) is 8.72. The van der Waals surface area contributed by atoms with Crippen molar-refractivity contribution in [2.75, 3.05) is 41.3 Å². The van der Waals surface area contributed by atoms with Crippen LogP contribution in [0.15, 0.2) is 73.3 Å². The van der Waals surface area contributed by atoms with Gasteiger partial charge in [0.15, 0.2) is 6.10 Å². The van der Waals surface area contributed by atoms with Crippen molar-refractivity contribution >= 4 is 5.97 Å². The first-order valence-electron chi connectivity index (χ1n) is 9.74. The van der Waals surface area contributed by atoms with Gasteiger partial charge in [0.2, 0.25) is 0 Å². The number of esters is 1. The average Bonchev–Trinajstić information content (AvgIpc) is 2.61. The van der Waals surface area contributed by atoms with E-state index < -0.39 is 0 Å². The van der Waals surface area contributed by atoms with Crippen LogP contribution in [-0.4, -0.2) is 62.3 Å². The van der Waals surface area contributed by atoms with Crippen molar-refractivity contribution in [3.63, 3.8) is 0 Å². The third kappa shape index (κ3) is 10.3. The number of rotatable bonds is 10. The Morgan fingerprint density at radius 2 is 1.20 bits per heavy atom. The van der Waals surface area contributed by atoms with E-state index in [0.717, 1.165) is 35.1 Å². The average molecular weight is 453 g/mol. The molecule has 2 aromatic carbocycles. The lowest BCUT2D eigenvalue weighted by Gasteiger charge is -2.37. The molecule has 0 bridgehead atoms. The monoisotopic (exact) mass is 452 g/mol. The zero-order valence-corrected chi connectivity index (χ0v) is 19.9. The molecule has 0 saturated carbocycles. The zero-order chi connectivity index (χ0) is 20.6. The third-order valence-electron chi connectivity index (χ3n) is 4.75. The van der Waals surface area contributed by atoms with Gasteiger partial charge in [-0.25, -0.2) is 4.79 Å². The van der Waals surface area contributed by atoms with Crippen molar-refractivity contribution in [2.45, 2.75) is 19.2 Å². The Hall–Kier alpha value is -1.85. The molecule has 0 atom stereocenters. The van der Waals surface area contributed by atoms with E-state index in [1.807, 2.05) is 12.1 Å². The molecule has 0 heterocycles. The van der Waals surface area contributed by atoms with Crippen LogP contribution in [0.4, 0.5) is 0 Å². The number of nitrogens with zero attached hydrogens (tertiary/aromatic N) is 2. The summed E-state index contributed by atoms with van der Waals surface area (Å²) in [6, 6.07) is 20.9. The van der Waals surface area contributed by atoms with Crippen LogP contribution in [0.5, 0.6) is 0 Å². The van der Waals surface area contributed by atoms with Gasteiger partial charge in [-0.2, -0.15) is 0 Å². The molecule has 0 amide bonds. The summed E-state index contributed by atoms with van der Waals surface area (Å²) in [4.78, 5) is 12.0. The van der Waals surface area contributed by atoms with E-state index in [9.17, 15) is 4.79 Å². The molecule has 6 heteroatoms. The van der Waals surface area contributed by atoms with E-state index in [1.54, 1.807) is 0 Å². The molecule has 166 valence electrons. The molecule has 4 nitrogen and oxygen atoms in total. The number of benzene rings is 2. The summed E-state index contributed by atoms with van der Waals surface area (Å²) >= 11 is 0. The topological polar surface area (TPSA) is 26.3 Å². The van der Waals surface area contributed by atoms with Crippen LogP contribution in [-0.2, 0) is 22.6 Å². The molecular weight excluding hydrogens is 419 g/mol. The van der Waals surface area contributed by atoms with Crippen molar-refractivity contribution < 1.29 is 43.3 Å². The number of halogens is 2. The number of quaternary nitrogens is 2. The van der Waals surface area contributed by atoms with Gasteiger partial charge in [0, 0.05) is 17.2 Å². The molecule has 2 aromatic rings. The maximum Gasteiger partial charge on any atom is 0.330 e. The second-order valence-corrected chi connectivity index (χ2v) is 8.79. The quantitative estimate of drug-likeness (QED) is 0.229. The Kier molecular flexibility index (Phi) is 12.0. The van der Waals surface area contributed by atoms with Gasteiger partial charge in [-0.15, -0.1) is 0 Å². The van der Waals surface area contributed by atoms with E-state index >= 15 is 0 Å². The van der Waals surface area contributed by atoms with Gasteiger partial charge in [-0.3, -0.25) is 0 Å². The summed E-state index contributed by atoms with van der Waals surface area (Å²) in [6.45, 7) is 6.81. The van der Waals surface area contributed by atoms with Gasteiger partial charge in [0.05, 0.1) is 28.2 Å². The van der Waals surface area contributed by atoms with E-state index in [-0.39, 0.29) is 36.9 Å². The molecular formula is C24H34Cl2N2O2. The van der Waals surface area contributed by atoms with Crippen LogP contribution >= 0.6 is 0 Å².